The summed E-state index contributed by atoms with van der Waals surface area (Å²) in [5.41, 5.74) is 2.86. The van der Waals surface area contributed by atoms with E-state index in [4.69, 9.17) is 12.2 Å². The van der Waals surface area contributed by atoms with Crippen LogP contribution >= 0.6 is 12.2 Å². The Labute approximate surface area is 149 Å². The zero-order chi connectivity index (χ0) is 18.3. The molecule has 0 saturated carbocycles. The Balaban J connectivity index is 1.85. The van der Waals surface area contributed by atoms with Crippen molar-refractivity contribution in [3.63, 3.8) is 0 Å². The Morgan fingerprint density at radius 2 is 1.68 bits per heavy atom. The van der Waals surface area contributed by atoms with Crippen molar-refractivity contribution in [3.8, 4) is 0 Å². The van der Waals surface area contributed by atoms with E-state index in [0.717, 1.165) is 0 Å². The van der Waals surface area contributed by atoms with E-state index in [1.807, 2.05) is 0 Å². The molecule has 1 amide bonds. The lowest BCUT2D eigenvalue weighted by Gasteiger charge is -2.10. The molecule has 25 heavy (non-hydrogen) atoms. The van der Waals surface area contributed by atoms with Crippen LogP contribution < -0.4 is 15.6 Å². The SMILES string of the molecule is O=C(C=Cc1ccc(F)cc1)NC(=S)NNS(=O)(=O)c1ccccc1. The lowest BCUT2D eigenvalue weighted by molar-refractivity contribution is -0.115. The largest absolute Gasteiger partial charge is 0.298 e. The smallest absolute Gasteiger partial charge is 0.257 e. The maximum absolute atomic E-state index is 12.8. The van der Waals surface area contributed by atoms with Gasteiger partial charge in [-0.15, -0.1) is 4.83 Å². The van der Waals surface area contributed by atoms with Crippen LogP contribution in [0.25, 0.3) is 6.08 Å². The highest BCUT2D eigenvalue weighted by Crippen LogP contribution is 2.06. The fourth-order valence-corrected chi connectivity index (χ4v) is 2.79. The van der Waals surface area contributed by atoms with Crippen LogP contribution in [0, 0.1) is 5.82 Å². The third-order valence-electron chi connectivity index (χ3n) is 2.89. The number of nitrogens with one attached hydrogen (secondary N) is 3. The number of halogens is 1. The van der Waals surface area contributed by atoms with E-state index in [0.29, 0.717) is 5.56 Å². The summed E-state index contributed by atoms with van der Waals surface area (Å²) >= 11 is 4.84. The summed E-state index contributed by atoms with van der Waals surface area (Å²) in [6, 6.07) is 13.2. The standard InChI is InChI=1S/C16H14FN3O3S2/c17-13-9-6-12(7-10-13)8-11-15(21)18-16(24)19-20-25(22,23)14-4-2-1-3-5-14/h1-11,20H,(H2,18,19,21,24). The molecule has 0 atom stereocenters. The molecular formula is C16H14FN3O3S2. The second-order valence-electron chi connectivity index (χ2n) is 4.75. The summed E-state index contributed by atoms with van der Waals surface area (Å²) in [5, 5.41) is 2.06. The van der Waals surface area contributed by atoms with Crippen molar-refractivity contribution in [1.82, 2.24) is 15.6 Å². The molecule has 0 unspecified atom stereocenters. The van der Waals surface area contributed by atoms with E-state index in [1.165, 1.54) is 48.6 Å². The van der Waals surface area contributed by atoms with Gasteiger partial charge < -0.3 is 0 Å². The van der Waals surface area contributed by atoms with Gasteiger partial charge in [0.25, 0.3) is 10.0 Å². The third-order valence-corrected chi connectivity index (χ3v) is 4.35. The molecule has 0 heterocycles. The first-order valence-electron chi connectivity index (χ1n) is 6.98. The van der Waals surface area contributed by atoms with Crippen LogP contribution in [0.3, 0.4) is 0 Å². The maximum atomic E-state index is 12.8. The molecular weight excluding hydrogens is 365 g/mol. The van der Waals surface area contributed by atoms with Crippen molar-refractivity contribution >= 4 is 39.3 Å². The summed E-state index contributed by atoms with van der Waals surface area (Å²) in [4.78, 5) is 13.8. The maximum Gasteiger partial charge on any atom is 0.257 e. The third kappa shape index (κ3) is 6.07. The molecule has 2 aromatic carbocycles. The van der Waals surface area contributed by atoms with Crippen molar-refractivity contribution in [2.45, 2.75) is 4.90 Å². The summed E-state index contributed by atoms with van der Waals surface area (Å²) in [5.74, 6) is -0.946. The number of sulfonamides is 1. The Hall–Kier alpha value is -2.62. The summed E-state index contributed by atoms with van der Waals surface area (Å²) in [7, 11) is -3.80. The molecule has 130 valence electrons. The van der Waals surface area contributed by atoms with E-state index in [1.54, 1.807) is 18.2 Å². The minimum atomic E-state index is -3.80. The van der Waals surface area contributed by atoms with E-state index in [9.17, 15) is 17.6 Å². The predicted molar refractivity (Wildman–Crippen MR) is 96.1 cm³/mol. The molecule has 6 nitrogen and oxygen atoms in total. The highest BCUT2D eigenvalue weighted by Gasteiger charge is 2.13. The van der Waals surface area contributed by atoms with E-state index in [-0.39, 0.29) is 15.8 Å². The Morgan fingerprint density at radius 3 is 2.32 bits per heavy atom. The fraction of sp³-hybridized carbons (Fsp3) is 0. The van der Waals surface area contributed by atoms with Gasteiger partial charge in [0.05, 0.1) is 4.90 Å². The van der Waals surface area contributed by atoms with Gasteiger partial charge in [0.2, 0.25) is 5.91 Å². The highest BCUT2D eigenvalue weighted by molar-refractivity contribution is 7.89. The lowest BCUT2D eigenvalue weighted by atomic mass is 10.2. The first kappa shape index (κ1) is 18.7. The van der Waals surface area contributed by atoms with Gasteiger partial charge in [-0.05, 0) is 48.1 Å². The summed E-state index contributed by atoms with van der Waals surface area (Å²) in [6.45, 7) is 0. The van der Waals surface area contributed by atoms with E-state index < -0.39 is 15.9 Å². The van der Waals surface area contributed by atoms with Crippen molar-refractivity contribution in [3.05, 3.63) is 72.1 Å². The molecule has 0 aromatic heterocycles. The van der Waals surface area contributed by atoms with Gasteiger partial charge in [-0.2, -0.15) is 0 Å². The van der Waals surface area contributed by atoms with Crippen molar-refractivity contribution in [2.24, 2.45) is 0 Å². The molecule has 0 aliphatic rings. The van der Waals surface area contributed by atoms with Gasteiger partial charge in [-0.3, -0.25) is 15.5 Å². The molecule has 0 aliphatic heterocycles. The molecule has 2 rings (SSSR count). The van der Waals surface area contributed by atoms with Crippen molar-refractivity contribution in [2.75, 3.05) is 0 Å². The molecule has 9 heteroatoms. The first-order chi connectivity index (χ1) is 11.9. The van der Waals surface area contributed by atoms with E-state index >= 15 is 0 Å². The van der Waals surface area contributed by atoms with Crippen LogP contribution in [0.4, 0.5) is 4.39 Å². The zero-order valence-electron chi connectivity index (χ0n) is 12.8. The number of carbonyl (C=O) groups is 1. The van der Waals surface area contributed by atoms with Crippen molar-refractivity contribution in [1.29, 1.82) is 0 Å². The Kier molecular flexibility index (Phi) is 6.34. The number of amides is 1. The van der Waals surface area contributed by atoms with Crippen LogP contribution in [-0.4, -0.2) is 19.4 Å². The Morgan fingerprint density at radius 1 is 1.04 bits per heavy atom. The van der Waals surface area contributed by atoms with Gasteiger partial charge >= 0.3 is 0 Å². The first-order valence-corrected chi connectivity index (χ1v) is 8.87. The minimum Gasteiger partial charge on any atom is -0.298 e. The molecule has 0 aliphatic carbocycles. The quantitative estimate of drug-likeness (QED) is 0.418. The highest BCUT2D eigenvalue weighted by atomic mass is 32.2. The van der Waals surface area contributed by atoms with Crippen LogP contribution in [-0.2, 0) is 14.8 Å². The van der Waals surface area contributed by atoms with Gasteiger partial charge in [0, 0.05) is 6.08 Å². The molecule has 0 fully saturated rings. The van der Waals surface area contributed by atoms with Crippen LogP contribution in [0.5, 0.6) is 0 Å². The summed E-state index contributed by atoms with van der Waals surface area (Å²) in [6.07, 6.45) is 2.65. The molecule has 3 N–H and O–H groups in total. The number of thiocarbonyl (C=S) groups is 1. The minimum absolute atomic E-state index is 0.0489. The molecule has 0 saturated heterocycles. The normalized spacial score (nSPS) is 11.2. The van der Waals surface area contributed by atoms with Gasteiger partial charge in [-0.25, -0.2) is 12.8 Å². The average molecular weight is 379 g/mol. The second-order valence-corrected chi connectivity index (χ2v) is 6.84. The summed E-state index contributed by atoms with van der Waals surface area (Å²) < 4.78 is 36.7. The number of carbonyl (C=O) groups excluding carboxylic acids is 1. The zero-order valence-corrected chi connectivity index (χ0v) is 14.4. The number of rotatable bonds is 5. The monoisotopic (exact) mass is 379 g/mol. The number of hydrogen-bond acceptors (Lipinski definition) is 4. The van der Waals surface area contributed by atoms with Gasteiger partial charge in [-0.1, -0.05) is 30.3 Å². The van der Waals surface area contributed by atoms with Crippen LogP contribution in [0.1, 0.15) is 5.56 Å². The van der Waals surface area contributed by atoms with Crippen molar-refractivity contribution < 1.29 is 17.6 Å². The predicted octanol–water partition coefficient (Wildman–Crippen LogP) is 1.72. The topological polar surface area (TPSA) is 87.3 Å². The van der Waals surface area contributed by atoms with Crippen LogP contribution in [0.2, 0.25) is 0 Å². The average Bonchev–Trinajstić information content (AvgIpc) is 2.60. The molecule has 0 spiro atoms. The molecule has 0 bridgehead atoms. The number of hydrazine groups is 1. The Bertz CT molecular complexity index is 883. The van der Waals surface area contributed by atoms with Gasteiger partial charge in [0.15, 0.2) is 5.11 Å². The number of hydrogen-bond donors (Lipinski definition) is 3. The molecule has 2 aromatic rings. The molecule has 0 radical (unpaired) electrons. The van der Waals surface area contributed by atoms with Gasteiger partial charge in [0.1, 0.15) is 5.82 Å². The van der Waals surface area contributed by atoms with Crippen LogP contribution in [0.15, 0.2) is 65.6 Å². The lowest BCUT2D eigenvalue weighted by Crippen LogP contribution is -2.48. The number of benzene rings is 2. The van der Waals surface area contributed by atoms with E-state index in [2.05, 4.69) is 15.6 Å². The second kappa shape index (κ2) is 8.47. The fourth-order valence-electron chi connectivity index (χ4n) is 1.70.